The van der Waals surface area contributed by atoms with Crippen molar-refractivity contribution in [3.05, 3.63) is 211 Å². The first-order valence-electron chi connectivity index (χ1n) is 18.8. The van der Waals surface area contributed by atoms with Crippen LogP contribution in [-0.2, 0) is 5.41 Å². The van der Waals surface area contributed by atoms with Crippen LogP contribution < -0.4 is 4.90 Å². The quantitative estimate of drug-likeness (QED) is 0.157. The molecule has 0 atom stereocenters. The van der Waals surface area contributed by atoms with Crippen LogP contribution in [0.5, 0.6) is 0 Å². The van der Waals surface area contributed by atoms with Crippen LogP contribution >= 0.6 is 0 Å². The lowest BCUT2D eigenvalue weighted by Crippen LogP contribution is -2.17. The van der Waals surface area contributed by atoms with E-state index < -0.39 is 0 Å². The molecule has 1 nitrogen and oxygen atoms in total. The Balaban J connectivity index is 1.08. The number of hydrogen-bond acceptors (Lipinski definition) is 1. The number of hydrogen-bond donors (Lipinski definition) is 0. The third kappa shape index (κ3) is 5.32. The van der Waals surface area contributed by atoms with Crippen molar-refractivity contribution in [1.82, 2.24) is 0 Å². The smallest absolute Gasteiger partial charge is 0.0540 e. The molecule has 1 aliphatic rings. The SMILES string of the molecule is CC1(C)c2cc(-c3ccc4ccc5ccccc5c4c3)ccc2-c2ccc(N(c3ccc(-c4ccccc4)cc3)c3ccccc3-c3ccccc3)cc21. The Morgan fingerprint density at radius 3 is 1.63 bits per heavy atom. The van der Waals surface area contributed by atoms with Crippen LogP contribution in [0, 0.1) is 0 Å². The molecular weight excluding hydrogens is 651 g/mol. The summed E-state index contributed by atoms with van der Waals surface area (Å²) in [6.07, 6.45) is 0. The molecule has 9 aromatic rings. The van der Waals surface area contributed by atoms with Gasteiger partial charge in [0.05, 0.1) is 5.69 Å². The van der Waals surface area contributed by atoms with Crippen LogP contribution in [0.25, 0.3) is 66.1 Å². The third-order valence-electron chi connectivity index (χ3n) is 11.5. The molecule has 0 N–H and O–H groups in total. The Morgan fingerprint density at radius 2 is 0.852 bits per heavy atom. The van der Waals surface area contributed by atoms with Gasteiger partial charge in [-0.05, 0) is 114 Å². The first-order valence-corrected chi connectivity index (χ1v) is 18.8. The number of nitrogens with zero attached hydrogens (tertiary/aromatic N) is 1. The maximum atomic E-state index is 2.44. The Kier molecular flexibility index (Phi) is 7.56. The number of anilines is 3. The summed E-state index contributed by atoms with van der Waals surface area (Å²) in [4.78, 5) is 2.43. The molecule has 1 aliphatic carbocycles. The van der Waals surface area contributed by atoms with E-state index in [1.54, 1.807) is 0 Å². The fourth-order valence-electron chi connectivity index (χ4n) is 8.62. The number of rotatable bonds is 6. The van der Waals surface area contributed by atoms with Gasteiger partial charge >= 0.3 is 0 Å². The van der Waals surface area contributed by atoms with E-state index in [9.17, 15) is 0 Å². The van der Waals surface area contributed by atoms with Crippen molar-refractivity contribution in [2.75, 3.05) is 4.90 Å². The fourth-order valence-corrected chi connectivity index (χ4v) is 8.62. The maximum absolute atomic E-state index is 2.44. The summed E-state index contributed by atoms with van der Waals surface area (Å²) in [5.41, 5.74) is 15.9. The average molecular weight is 690 g/mol. The summed E-state index contributed by atoms with van der Waals surface area (Å²) in [5, 5.41) is 5.14. The highest BCUT2D eigenvalue weighted by atomic mass is 15.1. The second-order valence-electron chi connectivity index (χ2n) is 15.0. The van der Waals surface area contributed by atoms with Gasteiger partial charge in [0.1, 0.15) is 0 Å². The van der Waals surface area contributed by atoms with E-state index in [0.29, 0.717) is 0 Å². The van der Waals surface area contributed by atoms with Crippen molar-refractivity contribution < 1.29 is 0 Å². The van der Waals surface area contributed by atoms with Crippen LogP contribution in [0.1, 0.15) is 25.0 Å². The zero-order valence-corrected chi connectivity index (χ0v) is 30.5. The number of para-hydroxylation sites is 1. The Labute approximate surface area is 317 Å². The second-order valence-corrected chi connectivity index (χ2v) is 15.0. The monoisotopic (exact) mass is 689 g/mol. The van der Waals surface area contributed by atoms with E-state index in [1.165, 1.54) is 77.2 Å². The van der Waals surface area contributed by atoms with Gasteiger partial charge < -0.3 is 4.90 Å². The minimum Gasteiger partial charge on any atom is -0.310 e. The average Bonchev–Trinajstić information content (AvgIpc) is 3.46. The van der Waals surface area contributed by atoms with Crippen LogP contribution in [0.15, 0.2) is 200 Å². The van der Waals surface area contributed by atoms with Gasteiger partial charge in [-0.2, -0.15) is 0 Å². The summed E-state index contributed by atoms with van der Waals surface area (Å²) in [7, 11) is 0. The molecule has 256 valence electrons. The van der Waals surface area contributed by atoms with E-state index in [-0.39, 0.29) is 5.41 Å². The molecule has 0 unspecified atom stereocenters. The van der Waals surface area contributed by atoms with Crippen LogP contribution in [0.2, 0.25) is 0 Å². The summed E-state index contributed by atoms with van der Waals surface area (Å²) < 4.78 is 0. The Bertz CT molecular complexity index is 2830. The largest absolute Gasteiger partial charge is 0.310 e. The molecule has 0 radical (unpaired) electrons. The summed E-state index contributed by atoms with van der Waals surface area (Å²) in [6.45, 7) is 4.77. The molecule has 0 saturated heterocycles. The predicted octanol–water partition coefficient (Wildman–Crippen LogP) is 14.8. The normalized spacial score (nSPS) is 12.8. The van der Waals surface area contributed by atoms with E-state index in [2.05, 4.69) is 219 Å². The van der Waals surface area contributed by atoms with Crippen molar-refractivity contribution >= 4 is 38.6 Å². The Hall–Kier alpha value is -6.70. The molecule has 0 fully saturated rings. The topological polar surface area (TPSA) is 3.24 Å². The third-order valence-corrected chi connectivity index (χ3v) is 11.5. The van der Waals surface area contributed by atoms with Gasteiger partial charge in [-0.15, -0.1) is 0 Å². The molecule has 0 spiro atoms. The van der Waals surface area contributed by atoms with Crippen molar-refractivity contribution in [3.8, 4) is 44.5 Å². The molecular formula is C53H39N. The lowest BCUT2D eigenvalue weighted by Gasteiger charge is -2.30. The highest BCUT2D eigenvalue weighted by Gasteiger charge is 2.36. The molecule has 9 aromatic carbocycles. The van der Waals surface area contributed by atoms with Gasteiger partial charge in [0.15, 0.2) is 0 Å². The summed E-state index contributed by atoms with van der Waals surface area (Å²) in [6, 6.07) is 73.4. The lowest BCUT2D eigenvalue weighted by atomic mass is 9.81. The predicted molar refractivity (Wildman–Crippen MR) is 230 cm³/mol. The van der Waals surface area contributed by atoms with E-state index in [0.717, 1.165) is 17.1 Å². The van der Waals surface area contributed by atoms with Gasteiger partial charge in [-0.1, -0.05) is 172 Å². The number of benzene rings is 9. The van der Waals surface area contributed by atoms with Crippen LogP contribution in [0.4, 0.5) is 17.1 Å². The van der Waals surface area contributed by atoms with Crippen molar-refractivity contribution in [2.24, 2.45) is 0 Å². The summed E-state index contributed by atoms with van der Waals surface area (Å²) in [5.74, 6) is 0. The van der Waals surface area contributed by atoms with Gasteiger partial charge in [0.25, 0.3) is 0 Å². The zero-order chi connectivity index (χ0) is 36.2. The lowest BCUT2D eigenvalue weighted by molar-refractivity contribution is 0.660. The van der Waals surface area contributed by atoms with Gasteiger partial charge in [-0.3, -0.25) is 0 Å². The zero-order valence-electron chi connectivity index (χ0n) is 30.5. The molecule has 0 amide bonds. The highest BCUT2D eigenvalue weighted by molar-refractivity contribution is 6.08. The van der Waals surface area contributed by atoms with E-state index in [1.807, 2.05) is 0 Å². The first kappa shape index (κ1) is 32.0. The minimum absolute atomic E-state index is 0.192. The van der Waals surface area contributed by atoms with E-state index >= 15 is 0 Å². The molecule has 10 rings (SSSR count). The number of fused-ring (bicyclic) bond motifs is 6. The Morgan fingerprint density at radius 1 is 0.333 bits per heavy atom. The van der Waals surface area contributed by atoms with Crippen molar-refractivity contribution in [3.63, 3.8) is 0 Å². The van der Waals surface area contributed by atoms with E-state index in [4.69, 9.17) is 0 Å². The van der Waals surface area contributed by atoms with Gasteiger partial charge in [0, 0.05) is 22.4 Å². The second kappa shape index (κ2) is 12.8. The molecule has 0 heterocycles. The van der Waals surface area contributed by atoms with Gasteiger partial charge in [0.2, 0.25) is 0 Å². The fraction of sp³-hybridized carbons (Fsp3) is 0.0566. The minimum atomic E-state index is -0.192. The van der Waals surface area contributed by atoms with Crippen molar-refractivity contribution in [1.29, 1.82) is 0 Å². The van der Waals surface area contributed by atoms with Crippen LogP contribution in [-0.4, -0.2) is 0 Å². The summed E-state index contributed by atoms with van der Waals surface area (Å²) >= 11 is 0. The first-order chi connectivity index (χ1) is 26.5. The van der Waals surface area contributed by atoms with Crippen molar-refractivity contribution in [2.45, 2.75) is 19.3 Å². The molecule has 0 aromatic heterocycles. The highest BCUT2D eigenvalue weighted by Crippen LogP contribution is 2.52. The van der Waals surface area contributed by atoms with Crippen LogP contribution in [0.3, 0.4) is 0 Å². The molecule has 0 bridgehead atoms. The maximum Gasteiger partial charge on any atom is 0.0540 e. The van der Waals surface area contributed by atoms with Gasteiger partial charge in [-0.25, -0.2) is 0 Å². The molecule has 0 saturated carbocycles. The standard InChI is InChI=1S/C53H39N/c1-53(2)50-34-42(41-24-23-40-22-21-39-17-9-10-18-45(39)49(40)33-41)27-31-47(50)48-32-30-44(35-51(48)53)54(43-28-25-37(26-29-43)36-13-5-3-6-14-36)52-20-12-11-19-46(52)38-15-7-4-8-16-38/h3-35H,1-2H3. The molecule has 54 heavy (non-hydrogen) atoms. The molecule has 1 heteroatoms. The molecule has 0 aliphatic heterocycles.